The molecule has 13 heteroatoms. The number of phenolic OH excluding ortho intramolecular Hbond substituents is 1. The van der Waals surface area contributed by atoms with Crippen molar-refractivity contribution < 1.29 is 38.4 Å². The van der Waals surface area contributed by atoms with Crippen LogP contribution in [0.4, 0.5) is 10.2 Å². The molecule has 0 radical (unpaired) electrons. The van der Waals surface area contributed by atoms with Crippen LogP contribution in [0, 0.1) is 5.82 Å². The minimum absolute atomic E-state index is 0.00398. The largest absolute Gasteiger partial charge is 0.508 e. The topological polar surface area (TPSA) is 135 Å². The van der Waals surface area contributed by atoms with Gasteiger partial charge in [0.1, 0.15) is 30.0 Å². The molecule has 1 aliphatic heterocycles. The molecule has 0 unspecified atom stereocenters. The summed E-state index contributed by atoms with van der Waals surface area (Å²) in [5.74, 6) is -1.18. The van der Waals surface area contributed by atoms with Gasteiger partial charge in [0.15, 0.2) is 5.82 Å². The van der Waals surface area contributed by atoms with Crippen LogP contribution in [0.15, 0.2) is 60.9 Å². The van der Waals surface area contributed by atoms with E-state index in [4.69, 9.17) is 30.9 Å². The van der Waals surface area contributed by atoms with Crippen LogP contribution in [0.5, 0.6) is 5.75 Å². The van der Waals surface area contributed by atoms with Crippen LogP contribution < -0.4 is 4.90 Å². The van der Waals surface area contributed by atoms with E-state index >= 15 is 4.39 Å². The highest BCUT2D eigenvalue weighted by atomic mass is 35.5. The summed E-state index contributed by atoms with van der Waals surface area (Å²) in [6, 6.07) is 12.2. The highest BCUT2D eigenvalue weighted by Crippen LogP contribution is 2.41. The van der Waals surface area contributed by atoms with Gasteiger partial charge in [0.25, 0.3) is 0 Å². The van der Waals surface area contributed by atoms with Gasteiger partial charge in [0, 0.05) is 37.1 Å². The Morgan fingerprint density at radius 2 is 1.65 bits per heavy atom. The van der Waals surface area contributed by atoms with Crippen molar-refractivity contribution in [3.05, 3.63) is 71.8 Å². The number of carboxylic acid groups (broad SMARTS) is 1. The molecule has 4 aromatic rings. The van der Waals surface area contributed by atoms with E-state index in [2.05, 4.69) is 9.97 Å². The molecule has 2 heterocycles. The van der Waals surface area contributed by atoms with E-state index < -0.39 is 11.8 Å². The second-order valence-electron chi connectivity index (χ2n) is 10.5. The van der Waals surface area contributed by atoms with Crippen molar-refractivity contribution in [2.45, 2.75) is 6.42 Å². The lowest BCUT2D eigenvalue weighted by molar-refractivity contribution is -0.142. The Kier molecular flexibility index (Phi) is 11.3. The first-order valence-electron chi connectivity index (χ1n) is 14.8. The van der Waals surface area contributed by atoms with Crippen molar-refractivity contribution in [3.8, 4) is 16.9 Å². The first-order chi connectivity index (χ1) is 22.3. The van der Waals surface area contributed by atoms with E-state index in [-0.39, 0.29) is 47.6 Å². The molecule has 5 rings (SSSR count). The third-order valence-electron chi connectivity index (χ3n) is 7.47. The molecule has 0 aliphatic carbocycles. The van der Waals surface area contributed by atoms with Crippen molar-refractivity contribution in [2.75, 3.05) is 70.7 Å². The Balaban J connectivity index is 1.15. The summed E-state index contributed by atoms with van der Waals surface area (Å²) in [4.78, 5) is 35.5. The Labute approximate surface area is 269 Å². The maximum Gasteiger partial charge on any atom is 0.329 e. The number of carbonyl (C=O) groups is 2. The number of rotatable bonds is 14. The summed E-state index contributed by atoms with van der Waals surface area (Å²) in [6.07, 6.45) is 5.19. The zero-order valence-corrected chi connectivity index (χ0v) is 25.8. The molecular weight excluding hydrogens is 619 g/mol. The summed E-state index contributed by atoms with van der Waals surface area (Å²) >= 11 is 6.71. The number of amides is 1. The lowest BCUT2D eigenvalue weighted by Crippen LogP contribution is -2.48. The average Bonchev–Trinajstić information content (AvgIpc) is 3.05. The van der Waals surface area contributed by atoms with Gasteiger partial charge in [-0.25, -0.2) is 19.2 Å². The van der Waals surface area contributed by atoms with Crippen molar-refractivity contribution in [1.29, 1.82) is 0 Å². The molecule has 46 heavy (non-hydrogen) atoms. The number of phenols is 1. The standard InChI is InChI=1S/C33H34ClFN4O7/c34-27-19-26-32(31(35)30(27)25-18-23(40)17-22-5-1-2-6-24(22)25)36-21-37-33(26)39-10-8-38(9-11-39)28(41)7-3-4-12-44-13-14-45-15-16-46-20-29(42)43/h1-3,5-7,17-19,21,40H,4,8-16,20H2,(H,42,43)/b7-3+. The summed E-state index contributed by atoms with van der Waals surface area (Å²) in [7, 11) is 0. The van der Waals surface area contributed by atoms with E-state index in [0.717, 1.165) is 10.8 Å². The molecule has 11 nitrogen and oxygen atoms in total. The number of hydrogen-bond acceptors (Lipinski definition) is 9. The van der Waals surface area contributed by atoms with E-state index in [1.807, 2.05) is 29.2 Å². The van der Waals surface area contributed by atoms with Gasteiger partial charge in [-0.05, 0) is 47.0 Å². The number of anilines is 1. The van der Waals surface area contributed by atoms with E-state index in [1.165, 1.54) is 18.5 Å². The van der Waals surface area contributed by atoms with Crippen LogP contribution in [0.2, 0.25) is 5.02 Å². The number of hydrogen-bond donors (Lipinski definition) is 2. The van der Waals surface area contributed by atoms with Gasteiger partial charge in [0.05, 0.1) is 38.1 Å². The van der Waals surface area contributed by atoms with Crippen LogP contribution in [0.25, 0.3) is 32.8 Å². The fraction of sp³-hybridized carbons (Fsp3) is 0.333. The predicted octanol–water partition coefficient (Wildman–Crippen LogP) is 4.68. The molecule has 0 saturated carbocycles. The number of carboxylic acids is 1. The molecule has 1 aliphatic rings. The Morgan fingerprint density at radius 1 is 0.935 bits per heavy atom. The first-order valence-corrected chi connectivity index (χ1v) is 15.2. The predicted molar refractivity (Wildman–Crippen MR) is 172 cm³/mol. The summed E-state index contributed by atoms with van der Waals surface area (Å²) in [6.45, 7) is 3.22. The van der Waals surface area contributed by atoms with E-state index in [1.54, 1.807) is 23.1 Å². The molecule has 242 valence electrons. The maximum atomic E-state index is 16.1. The summed E-state index contributed by atoms with van der Waals surface area (Å²) in [5, 5.41) is 21.0. The lowest BCUT2D eigenvalue weighted by atomic mass is 9.96. The lowest BCUT2D eigenvalue weighted by Gasteiger charge is -2.35. The Morgan fingerprint density at radius 3 is 2.41 bits per heavy atom. The van der Waals surface area contributed by atoms with Crippen molar-refractivity contribution in [2.24, 2.45) is 0 Å². The highest BCUT2D eigenvalue weighted by molar-refractivity contribution is 6.35. The molecule has 3 aromatic carbocycles. The van der Waals surface area contributed by atoms with Gasteiger partial charge in [-0.2, -0.15) is 0 Å². The smallest absolute Gasteiger partial charge is 0.329 e. The zero-order chi connectivity index (χ0) is 32.5. The van der Waals surface area contributed by atoms with E-state index in [9.17, 15) is 14.7 Å². The molecule has 0 bridgehead atoms. The number of aromatic nitrogens is 2. The van der Waals surface area contributed by atoms with Crippen LogP contribution >= 0.6 is 11.6 Å². The monoisotopic (exact) mass is 652 g/mol. The van der Waals surface area contributed by atoms with Gasteiger partial charge in [-0.15, -0.1) is 0 Å². The molecule has 1 amide bonds. The summed E-state index contributed by atoms with van der Waals surface area (Å²) in [5.41, 5.74) is 0.752. The first kappa shape index (κ1) is 33.0. The Bertz CT molecular complexity index is 1730. The number of halogens is 2. The van der Waals surface area contributed by atoms with Crippen LogP contribution in [-0.4, -0.2) is 103 Å². The van der Waals surface area contributed by atoms with Gasteiger partial charge < -0.3 is 34.2 Å². The van der Waals surface area contributed by atoms with Gasteiger partial charge >= 0.3 is 5.97 Å². The van der Waals surface area contributed by atoms with Gasteiger partial charge in [-0.1, -0.05) is 41.9 Å². The van der Waals surface area contributed by atoms with E-state index in [0.29, 0.717) is 69.2 Å². The maximum absolute atomic E-state index is 16.1. The minimum Gasteiger partial charge on any atom is -0.508 e. The molecule has 2 N–H and O–H groups in total. The Hall–Kier alpha value is -4.36. The molecular formula is C33H34ClFN4O7. The number of ether oxygens (including phenoxy) is 3. The molecule has 0 atom stereocenters. The zero-order valence-electron chi connectivity index (χ0n) is 25.0. The minimum atomic E-state index is -1.02. The molecule has 1 fully saturated rings. The second-order valence-corrected chi connectivity index (χ2v) is 10.9. The van der Waals surface area contributed by atoms with Crippen LogP contribution in [0.1, 0.15) is 6.42 Å². The number of nitrogens with zero attached hydrogens (tertiary/aromatic N) is 4. The average molecular weight is 653 g/mol. The molecule has 1 aromatic heterocycles. The SMILES string of the molecule is O=C(O)COCCOCCOCC/C=C/C(=O)N1CCN(c2ncnc3c(F)c(-c4cc(O)cc5ccccc45)c(Cl)cc23)CC1. The van der Waals surface area contributed by atoms with Gasteiger partial charge in [0.2, 0.25) is 5.91 Å². The quantitative estimate of drug-likeness (QED) is 0.146. The fourth-order valence-corrected chi connectivity index (χ4v) is 5.59. The highest BCUT2D eigenvalue weighted by Gasteiger charge is 2.25. The third-order valence-corrected chi connectivity index (χ3v) is 7.76. The molecule has 1 saturated heterocycles. The number of aromatic hydroxyl groups is 1. The number of aliphatic carboxylic acids is 1. The van der Waals surface area contributed by atoms with Crippen LogP contribution in [-0.2, 0) is 23.8 Å². The second kappa shape index (κ2) is 15.8. The van der Waals surface area contributed by atoms with Crippen LogP contribution in [0.3, 0.4) is 0 Å². The number of benzene rings is 3. The normalized spacial score (nSPS) is 13.7. The van der Waals surface area contributed by atoms with Crippen molar-refractivity contribution in [3.63, 3.8) is 0 Å². The van der Waals surface area contributed by atoms with Gasteiger partial charge in [-0.3, -0.25) is 4.79 Å². The molecule has 0 spiro atoms. The number of fused-ring (bicyclic) bond motifs is 2. The summed E-state index contributed by atoms with van der Waals surface area (Å²) < 4.78 is 31.8. The number of carbonyl (C=O) groups excluding carboxylic acids is 1. The van der Waals surface area contributed by atoms with Crippen molar-refractivity contribution in [1.82, 2.24) is 14.9 Å². The number of piperazine rings is 1. The third kappa shape index (κ3) is 8.07. The van der Waals surface area contributed by atoms with Crippen molar-refractivity contribution >= 4 is 51.0 Å². The fourth-order valence-electron chi connectivity index (χ4n) is 5.30.